The Balaban J connectivity index is 2.33. The Morgan fingerprint density at radius 2 is 2.28 bits per heavy atom. The average molecular weight is 333 g/mol. The summed E-state index contributed by atoms with van der Waals surface area (Å²) < 4.78 is 6.36. The number of fused-ring (bicyclic) bond motifs is 1. The summed E-state index contributed by atoms with van der Waals surface area (Å²) in [5, 5.41) is 4.39. The van der Waals surface area contributed by atoms with E-state index >= 15 is 0 Å². The SMILES string of the molecule is COc1cc(Br)c(Cl)c2c1NC(CC(C)C)CC2. The highest BCUT2D eigenvalue weighted by atomic mass is 79.9. The maximum Gasteiger partial charge on any atom is 0.143 e. The monoisotopic (exact) mass is 331 g/mol. The number of rotatable bonds is 3. The molecule has 0 aromatic heterocycles. The maximum atomic E-state index is 6.35. The molecule has 1 N–H and O–H groups in total. The van der Waals surface area contributed by atoms with Crippen LogP contribution in [0.15, 0.2) is 10.5 Å². The standard InChI is InChI=1S/C14H19BrClNO/c1-8(2)6-9-4-5-10-13(16)11(15)7-12(18-3)14(10)17-9/h7-9,17H,4-6H2,1-3H3. The van der Waals surface area contributed by atoms with Crippen LogP contribution >= 0.6 is 27.5 Å². The van der Waals surface area contributed by atoms with Crippen LogP contribution in [0.25, 0.3) is 0 Å². The highest BCUT2D eigenvalue weighted by Crippen LogP contribution is 2.43. The lowest BCUT2D eigenvalue weighted by Gasteiger charge is -2.30. The predicted octanol–water partition coefficient (Wildman–Crippen LogP) is 4.88. The van der Waals surface area contributed by atoms with E-state index < -0.39 is 0 Å². The molecule has 0 bridgehead atoms. The van der Waals surface area contributed by atoms with Crippen molar-refractivity contribution < 1.29 is 4.74 Å². The molecular formula is C14H19BrClNO. The van der Waals surface area contributed by atoms with Gasteiger partial charge in [-0.2, -0.15) is 0 Å². The first-order chi connectivity index (χ1) is 8.52. The molecule has 0 amide bonds. The molecule has 0 aliphatic carbocycles. The zero-order valence-electron chi connectivity index (χ0n) is 11.0. The highest BCUT2D eigenvalue weighted by Gasteiger charge is 2.24. The third-order valence-electron chi connectivity index (χ3n) is 3.35. The fraction of sp³-hybridized carbons (Fsp3) is 0.571. The summed E-state index contributed by atoms with van der Waals surface area (Å²) in [5.41, 5.74) is 2.24. The van der Waals surface area contributed by atoms with Crippen LogP contribution < -0.4 is 10.1 Å². The van der Waals surface area contributed by atoms with Gasteiger partial charge in [0.15, 0.2) is 0 Å². The van der Waals surface area contributed by atoms with Crippen LogP contribution in [0.1, 0.15) is 32.3 Å². The molecule has 1 atom stereocenters. The molecule has 18 heavy (non-hydrogen) atoms. The lowest BCUT2D eigenvalue weighted by atomic mass is 9.92. The van der Waals surface area contributed by atoms with E-state index in [0.29, 0.717) is 12.0 Å². The van der Waals surface area contributed by atoms with Gasteiger partial charge in [0, 0.05) is 10.5 Å². The molecule has 1 aliphatic rings. The van der Waals surface area contributed by atoms with Crippen molar-refractivity contribution in [3.8, 4) is 5.75 Å². The highest BCUT2D eigenvalue weighted by molar-refractivity contribution is 9.10. The number of nitrogens with one attached hydrogen (secondary N) is 1. The minimum Gasteiger partial charge on any atom is -0.495 e. The van der Waals surface area contributed by atoms with Gasteiger partial charge in [0.1, 0.15) is 5.75 Å². The van der Waals surface area contributed by atoms with Gasteiger partial charge in [0.05, 0.1) is 17.8 Å². The summed E-state index contributed by atoms with van der Waals surface area (Å²) in [5.74, 6) is 1.57. The molecule has 1 aromatic rings. The van der Waals surface area contributed by atoms with Crippen molar-refractivity contribution in [2.75, 3.05) is 12.4 Å². The molecule has 0 fully saturated rings. The Hall–Kier alpha value is -0.410. The quantitative estimate of drug-likeness (QED) is 0.851. The van der Waals surface area contributed by atoms with Gasteiger partial charge in [-0.25, -0.2) is 0 Å². The second-order valence-electron chi connectivity index (χ2n) is 5.24. The molecule has 0 saturated carbocycles. The topological polar surface area (TPSA) is 21.3 Å². The van der Waals surface area contributed by atoms with Crippen LogP contribution in [0.2, 0.25) is 5.02 Å². The van der Waals surface area contributed by atoms with E-state index in [2.05, 4.69) is 35.1 Å². The third-order valence-corrected chi connectivity index (χ3v) is 4.63. The first kappa shape index (κ1) is 14.0. The lowest BCUT2D eigenvalue weighted by Crippen LogP contribution is -2.27. The second kappa shape index (κ2) is 5.70. The van der Waals surface area contributed by atoms with Gasteiger partial charge in [-0.15, -0.1) is 0 Å². The van der Waals surface area contributed by atoms with Crippen LogP contribution in [-0.2, 0) is 6.42 Å². The molecule has 1 heterocycles. The van der Waals surface area contributed by atoms with Gasteiger partial charge in [-0.3, -0.25) is 0 Å². The Labute approximate surface area is 122 Å². The van der Waals surface area contributed by atoms with Crippen molar-refractivity contribution >= 4 is 33.2 Å². The van der Waals surface area contributed by atoms with Crippen molar-refractivity contribution in [1.82, 2.24) is 0 Å². The van der Waals surface area contributed by atoms with Gasteiger partial charge in [-0.05, 0) is 52.7 Å². The molecular weight excluding hydrogens is 314 g/mol. The van der Waals surface area contributed by atoms with E-state index in [-0.39, 0.29) is 0 Å². The molecule has 100 valence electrons. The Morgan fingerprint density at radius 1 is 1.56 bits per heavy atom. The largest absolute Gasteiger partial charge is 0.495 e. The van der Waals surface area contributed by atoms with Crippen LogP contribution in [0, 0.1) is 5.92 Å². The first-order valence-corrected chi connectivity index (χ1v) is 7.51. The number of halogens is 2. The number of hydrogen-bond donors (Lipinski definition) is 1. The predicted molar refractivity (Wildman–Crippen MR) is 80.9 cm³/mol. The van der Waals surface area contributed by atoms with E-state index in [1.807, 2.05) is 6.07 Å². The molecule has 2 rings (SSSR count). The normalized spacial score (nSPS) is 18.4. The lowest BCUT2D eigenvalue weighted by molar-refractivity contribution is 0.411. The Kier molecular flexibility index (Phi) is 4.44. The number of methoxy groups -OCH3 is 1. The minimum atomic E-state index is 0.517. The number of benzene rings is 1. The fourth-order valence-corrected chi connectivity index (χ4v) is 3.24. The third kappa shape index (κ3) is 2.77. The summed E-state index contributed by atoms with van der Waals surface area (Å²) in [7, 11) is 1.70. The van der Waals surface area contributed by atoms with Crippen LogP contribution in [0.5, 0.6) is 5.75 Å². The van der Waals surface area contributed by atoms with Crippen LogP contribution in [0.3, 0.4) is 0 Å². The van der Waals surface area contributed by atoms with Gasteiger partial charge >= 0.3 is 0 Å². The molecule has 0 saturated heterocycles. The van der Waals surface area contributed by atoms with Gasteiger partial charge in [0.2, 0.25) is 0 Å². The molecule has 2 nitrogen and oxygen atoms in total. The van der Waals surface area contributed by atoms with Crippen molar-refractivity contribution in [2.24, 2.45) is 5.92 Å². The van der Waals surface area contributed by atoms with Crippen molar-refractivity contribution in [1.29, 1.82) is 0 Å². The van der Waals surface area contributed by atoms with E-state index in [4.69, 9.17) is 16.3 Å². The Morgan fingerprint density at radius 3 is 2.89 bits per heavy atom. The summed E-state index contributed by atoms with van der Waals surface area (Å²) >= 11 is 9.83. The molecule has 0 spiro atoms. The minimum absolute atomic E-state index is 0.517. The smallest absolute Gasteiger partial charge is 0.143 e. The number of hydrogen-bond acceptors (Lipinski definition) is 2. The summed E-state index contributed by atoms with van der Waals surface area (Å²) in [6.07, 6.45) is 3.31. The molecule has 1 aromatic carbocycles. The summed E-state index contributed by atoms with van der Waals surface area (Å²) in [6, 6.07) is 2.45. The molecule has 1 unspecified atom stereocenters. The number of ether oxygens (including phenoxy) is 1. The van der Waals surface area contributed by atoms with Crippen molar-refractivity contribution in [2.45, 2.75) is 39.2 Å². The average Bonchev–Trinajstić information content (AvgIpc) is 2.33. The van der Waals surface area contributed by atoms with Crippen LogP contribution in [-0.4, -0.2) is 13.2 Å². The zero-order valence-corrected chi connectivity index (χ0v) is 13.4. The van der Waals surface area contributed by atoms with Gasteiger partial charge < -0.3 is 10.1 Å². The van der Waals surface area contributed by atoms with E-state index in [1.165, 1.54) is 12.0 Å². The fourth-order valence-electron chi connectivity index (χ4n) is 2.55. The van der Waals surface area contributed by atoms with Gasteiger partial charge in [0.25, 0.3) is 0 Å². The first-order valence-electron chi connectivity index (χ1n) is 6.34. The summed E-state index contributed by atoms with van der Waals surface area (Å²) in [4.78, 5) is 0. The van der Waals surface area contributed by atoms with E-state index in [9.17, 15) is 0 Å². The van der Waals surface area contributed by atoms with E-state index in [0.717, 1.165) is 33.8 Å². The summed E-state index contributed by atoms with van der Waals surface area (Å²) in [6.45, 7) is 4.51. The molecule has 1 aliphatic heterocycles. The second-order valence-corrected chi connectivity index (χ2v) is 6.47. The molecule has 0 radical (unpaired) electrons. The maximum absolute atomic E-state index is 6.35. The van der Waals surface area contributed by atoms with E-state index in [1.54, 1.807) is 7.11 Å². The van der Waals surface area contributed by atoms with Gasteiger partial charge in [-0.1, -0.05) is 25.4 Å². The van der Waals surface area contributed by atoms with Crippen molar-refractivity contribution in [3.63, 3.8) is 0 Å². The van der Waals surface area contributed by atoms with Crippen LogP contribution in [0.4, 0.5) is 5.69 Å². The van der Waals surface area contributed by atoms with Crippen molar-refractivity contribution in [3.05, 3.63) is 21.1 Å². The Bertz CT molecular complexity index is 448. The zero-order chi connectivity index (χ0) is 13.3. The molecule has 4 heteroatoms. The number of anilines is 1.